The molecule has 1 heterocycles. The molecule has 0 saturated carbocycles. The maximum Gasteiger partial charge on any atom is 0.311 e. The Kier molecular flexibility index (Phi) is 6.31. The Morgan fingerprint density at radius 1 is 1.17 bits per heavy atom. The summed E-state index contributed by atoms with van der Waals surface area (Å²) in [4.78, 5) is 38.1. The van der Waals surface area contributed by atoms with E-state index >= 15 is 0 Å². The molecule has 0 aliphatic carbocycles. The first-order valence-corrected chi connectivity index (χ1v) is 9.47. The van der Waals surface area contributed by atoms with Crippen LogP contribution in [0.3, 0.4) is 0 Å². The number of carbonyl (C=O) groups excluding carboxylic acids is 2. The van der Waals surface area contributed by atoms with Crippen LogP contribution in [0.5, 0.6) is 5.75 Å². The highest BCUT2D eigenvalue weighted by Gasteiger charge is 2.28. The highest BCUT2D eigenvalue weighted by Crippen LogP contribution is 2.28. The van der Waals surface area contributed by atoms with Crippen molar-refractivity contribution in [1.82, 2.24) is 4.90 Å². The third-order valence-corrected chi connectivity index (χ3v) is 4.75. The Labute approximate surface area is 173 Å². The number of rotatable bonds is 5. The zero-order chi connectivity index (χ0) is 21.8. The zero-order valence-corrected chi connectivity index (χ0v) is 17.0. The largest absolute Gasteiger partial charge is 0.490 e. The molecular weight excluding hydrogens is 390 g/mol. The number of amides is 2. The molecule has 9 nitrogen and oxygen atoms in total. The van der Waals surface area contributed by atoms with E-state index in [-0.39, 0.29) is 35.1 Å². The van der Waals surface area contributed by atoms with Gasteiger partial charge in [0.2, 0.25) is 0 Å². The van der Waals surface area contributed by atoms with E-state index in [0.29, 0.717) is 24.3 Å². The highest BCUT2D eigenvalue weighted by atomic mass is 16.6. The fourth-order valence-electron chi connectivity index (χ4n) is 3.46. The number of benzene rings is 2. The van der Waals surface area contributed by atoms with Crippen molar-refractivity contribution in [2.24, 2.45) is 0 Å². The Morgan fingerprint density at radius 2 is 1.83 bits per heavy atom. The van der Waals surface area contributed by atoms with Crippen molar-refractivity contribution >= 4 is 23.2 Å². The van der Waals surface area contributed by atoms with Gasteiger partial charge in [0, 0.05) is 24.7 Å². The number of nitrogens with zero attached hydrogens (tertiary/aromatic N) is 2. The smallest absolute Gasteiger partial charge is 0.311 e. The van der Waals surface area contributed by atoms with E-state index in [9.17, 15) is 19.7 Å². The number of ether oxygens (including phenoxy) is 2. The fourth-order valence-corrected chi connectivity index (χ4v) is 3.46. The Balaban J connectivity index is 1.84. The molecule has 9 heteroatoms. The standard InChI is InChI=1S/C21H23N3O6/c1-13-11-23(12-14(2)30-13)21(26)16-6-4-5-7-17(16)22-20(25)15-8-9-19(29-3)18(10-15)24(27)28/h4-10,13-14H,11-12H2,1-3H3,(H,22,25). The van der Waals surface area contributed by atoms with Crippen LogP contribution >= 0.6 is 0 Å². The van der Waals surface area contributed by atoms with Gasteiger partial charge in [0.1, 0.15) is 0 Å². The van der Waals surface area contributed by atoms with Crippen molar-refractivity contribution in [2.75, 3.05) is 25.5 Å². The van der Waals surface area contributed by atoms with Gasteiger partial charge in [-0.25, -0.2) is 0 Å². The SMILES string of the molecule is COc1ccc(C(=O)Nc2ccccc2C(=O)N2CC(C)OC(C)C2)cc1[N+](=O)[O-]. The van der Waals surface area contributed by atoms with E-state index in [1.165, 1.54) is 19.2 Å². The number of nitro benzene ring substituents is 1. The number of methoxy groups -OCH3 is 1. The molecule has 0 bridgehead atoms. The summed E-state index contributed by atoms with van der Waals surface area (Å²) in [5.74, 6) is -0.721. The highest BCUT2D eigenvalue weighted by molar-refractivity contribution is 6.09. The van der Waals surface area contributed by atoms with Gasteiger partial charge in [0.05, 0.1) is 35.5 Å². The van der Waals surface area contributed by atoms with Gasteiger partial charge in [-0.2, -0.15) is 0 Å². The maximum atomic E-state index is 13.1. The van der Waals surface area contributed by atoms with Crippen LogP contribution in [-0.4, -0.2) is 54.0 Å². The summed E-state index contributed by atoms with van der Waals surface area (Å²) in [6.45, 7) is 4.71. The predicted molar refractivity (Wildman–Crippen MR) is 110 cm³/mol. The van der Waals surface area contributed by atoms with E-state index in [1.807, 2.05) is 13.8 Å². The van der Waals surface area contributed by atoms with Gasteiger partial charge in [-0.1, -0.05) is 12.1 Å². The molecule has 2 amide bonds. The Bertz CT molecular complexity index is 967. The van der Waals surface area contributed by atoms with Crippen LogP contribution in [0.1, 0.15) is 34.6 Å². The first-order chi connectivity index (χ1) is 14.3. The molecule has 0 aromatic heterocycles. The maximum absolute atomic E-state index is 13.1. The molecule has 1 aliphatic heterocycles. The van der Waals surface area contributed by atoms with Gasteiger partial charge in [-0.3, -0.25) is 19.7 Å². The van der Waals surface area contributed by atoms with E-state index in [4.69, 9.17) is 9.47 Å². The minimum Gasteiger partial charge on any atom is -0.490 e. The lowest BCUT2D eigenvalue weighted by Gasteiger charge is -2.35. The normalized spacial score (nSPS) is 18.6. The molecule has 0 spiro atoms. The quantitative estimate of drug-likeness (QED) is 0.596. The van der Waals surface area contributed by atoms with Crippen molar-refractivity contribution in [2.45, 2.75) is 26.1 Å². The number of nitro groups is 1. The number of hydrogen-bond acceptors (Lipinski definition) is 6. The zero-order valence-electron chi connectivity index (χ0n) is 17.0. The lowest BCUT2D eigenvalue weighted by Crippen LogP contribution is -2.48. The molecule has 30 heavy (non-hydrogen) atoms. The second-order valence-corrected chi connectivity index (χ2v) is 7.11. The van der Waals surface area contributed by atoms with E-state index in [2.05, 4.69) is 5.32 Å². The molecule has 158 valence electrons. The third kappa shape index (κ3) is 4.57. The van der Waals surface area contributed by atoms with Gasteiger partial charge in [0.15, 0.2) is 5.75 Å². The van der Waals surface area contributed by atoms with Gasteiger partial charge >= 0.3 is 5.69 Å². The lowest BCUT2D eigenvalue weighted by molar-refractivity contribution is -0.385. The second-order valence-electron chi connectivity index (χ2n) is 7.11. The van der Waals surface area contributed by atoms with Crippen molar-refractivity contribution in [1.29, 1.82) is 0 Å². The second kappa shape index (κ2) is 8.91. The van der Waals surface area contributed by atoms with Crippen molar-refractivity contribution in [3.05, 3.63) is 63.7 Å². The van der Waals surface area contributed by atoms with Crippen LogP contribution in [0, 0.1) is 10.1 Å². The summed E-state index contributed by atoms with van der Waals surface area (Å²) >= 11 is 0. The summed E-state index contributed by atoms with van der Waals surface area (Å²) in [7, 11) is 1.32. The molecule has 1 N–H and O–H groups in total. The van der Waals surface area contributed by atoms with Gasteiger partial charge < -0.3 is 19.7 Å². The first kappa shape index (κ1) is 21.3. The van der Waals surface area contributed by atoms with Gasteiger partial charge in [0.25, 0.3) is 11.8 Å². The average Bonchev–Trinajstić information content (AvgIpc) is 2.72. The van der Waals surface area contributed by atoms with E-state index in [1.54, 1.807) is 29.2 Å². The fraction of sp³-hybridized carbons (Fsp3) is 0.333. The topological polar surface area (TPSA) is 111 Å². The third-order valence-electron chi connectivity index (χ3n) is 4.75. The average molecular weight is 413 g/mol. The summed E-state index contributed by atoms with van der Waals surface area (Å²) in [6.07, 6.45) is -0.168. The summed E-state index contributed by atoms with van der Waals surface area (Å²) in [6, 6.07) is 10.6. The van der Waals surface area contributed by atoms with Crippen LogP contribution < -0.4 is 10.1 Å². The summed E-state index contributed by atoms with van der Waals surface area (Å²) in [5.41, 5.74) is 0.442. The molecule has 1 saturated heterocycles. The minimum atomic E-state index is -0.617. The Morgan fingerprint density at radius 3 is 2.47 bits per heavy atom. The van der Waals surface area contributed by atoms with Crippen LogP contribution in [0.15, 0.2) is 42.5 Å². The van der Waals surface area contributed by atoms with Crippen LogP contribution in [0.2, 0.25) is 0 Å². The molecule has 0 radical (unpaired) electrons. The number of anilines is 1. The lowest BCUT2D eigenvalue weighted by atomic mass is 10.1. The van der Waals surface area contributed by atoms with Crippen molar-refractivity contribution in [3.63, 3.8) is 0 Å². The number of para-hydroxylation sites is 1. The van der Waals surface area contributed by atoms with Crippen molar-refractivity contribution < 1.29 is 24.0 Å². The molecule has 3 rings (SSSR count). The summed E-state index contributed by atoms with van der Waals surface area (Å²) < 4.78 is 10.6. The van der Waals surface area contributed by atoms with Crippen LogP contribution in [0.25, 0.3) is 0 Å². The molecule has 1 aliphatic rings. The van der Waals surface area contributed by atoms with E-state index < -0.39 is 10.8 Å². The minimum absolute atomic E-state index is 0.0580. The number of hydrogen-bond donors (Lipinski definition) is 1. The van der Waals surface area contributed by atoms with Crippen LogP contribution in [0.4, 0.5) is 11.4 Å². The van der Waals surface area contributed by atoms with Crippen LogP contribution in [-0.2, 0) is 4.74 Å². The molecule has 2 unspecified atom stereocenters. The predicted octanol–water partition coefficient (Wildman–Crippen LogP) is 3.11. The molecular formula is C21H23N3O6. The molecule has 2 atom stereocenters. The monoisotopic (exact) mass is 413 g/mol. The number of carbonyl (C=O) groups is 2. The number of nitrogens with one attached hydrogen (secondary N) is 1. The first-order valence-electron chi connectivity index (χ1n) is 9.47. The molecule has 1 fully saturated rings. The summed E-state index contributed by atoms with van der Waals surface area (Å²) in [5, 5.41) is 13.9. The van der Waals surface area contributed by atoms with Gasteiger partial charge in [-0.05, 0) is 38.1 Å². The Hall–Kier alpha value is -3.46. The van der Waals surface area contributed by atoms with Gasteiger partial charge in [-0.15, -0.1) is 0 Å². The number of morpholine rings is 1. The van der Waals surface area contributed by atoms with Crippen molar-refractivity contribution in [3.8, 4) is 5.75 Å². The molecule has 2 aromatic carbocycles. The van der Waals surface area contributed by atoms with E-state index in [0.717, 1.165) is 6.07 Å². The molecule has 2 aromatic rings.